The van der Waals surface area contributed by atoms with E-state index in [1.165, 1.54) is 45.2 Å². The molecule has 3 heteroatoms. The lowest BCUT2D eigenvalue weighted by Crippen LogP contribution is -2.29. The number of rotatable bonds is 5. The molecule has 1 aromatic carbocycles. The molecule has 1 heterocycles. The van der Waals surface area contributed by atoms with Gasteiger partial charge in [0, 0.05) is 18.3 Å². The van der Waals surface area contributed by atoms with Gasteiger partial charge in [0.05, 0.1) is 6.61 Å². The molecule has 0 aliphatic carbocycles. The second-order valence-electron chi connectivity index (χ2n) is 5.38. The lowest BCUT2D eigenvalue weighted by Gasteiger charge is -2.24. The first kappa shape index (κ1) is 14.2. The maximum absolute atomic E-state index is 5.73. The van der Waals surface area contributed by atoms with E-state index in [0.29, 0.717) is 0 Å². The summed E-state index contributed by atoms with van der Waals surface area (Å²) in [5.74, 6) is 0.882. The maximum Gasteiger partial charge on any atom is 0.121 e. The van der Waals surface area contributed by atoms with E-state index in [4.69, 9.17) is 10.5 Å². The quantitative estimate of drug-likeness (QED) is 0.653. The third-order valence-corrected chi connectivity index (χ3v) is 3.69. The van der Waals surface area contributed by atoms with Crippen molar-refractivity contribution in [2.75, 3.05) is 32.0 Å². The fraction of sp³-hybridized carbons (Fsp3) is 0.625. The third-order valence-electron chi connectivity index (χ3n) is 3.69. The van der Waals surface area contributed by atoms with Crippen LogP contribution in [-0.2, 0) is 0 Å². The molecule has 1 aliphatic rings. The number of anilines is 1. The molecular formula is C16H26N2O. The molecule has 1 aliphatic heterocycles. The molecule has 0 unspecified atom stereocenters. The second kappa shape index (κ2) is 8.05. The molecule has 106 valence electrons. The zero-order valence-electron chi connectivity index (χ0n) is 11.8. The van der Waals surface area contributed by atoms with E-state index in [1.54, 1.807) is 0 Å². The fourth-order valence-corrected chi connectivity index (χ4v) is 2.62. The molecule has 19 heavy (non-hydrogen) atoms. The summed E-state index contributed by atoms with van der Waals surface area (Å²) in [6, 6.07) is 7.67. The molecule has 1 fully saturated rings. The number of benzene rings is 1. The van der Waals surface area contributed by atoms with Crippen molar-refractivity contribution in [1.82, 2.24) is 4.90 Å². The first-order valence-corrected chi connectivity index (χ1v) is 7.55. The van der Waals surface area contributed by atoms with Crippen LogP contribution in [0.2, 0.25) is 0 Å². The van der Waals surface area contributed by atoms with Crippen LogP contribution >= 0.6 is 0 Å². The van der Waals surface area contributed by atoms with Gasteiger partial charge in [-0.25, -0.2) is 0 Å². The minimum Gasteiger partial charge on any atom is -0.493 e. The Morgan fingerprint density at radius 3 is 2.53 bits per heavy atom. The predicted octanol–water partition coefficient (Wildman–Crippen LogP) is 3.30. The van der Waals surface area contributed by atoms with E-state index in [0.717, 1.165) is 31.0 Å². The molecular weight excluding hydrogens is 236 g/mol. The molecule has 0 spiro atoms. The van der Waals surface area contributed by atoms with Crippen LogP contribution in [0.4, 0.5) is 5.69 Å². The highest BCUT2D eigenvalue weighted by atomic mass is 16.5. The number of hydrogen-bond donors (Lipinski definition) is 1. The average Bonchev–Trinajstić information content (AvgIpc) is 2.36. The van der Waals surface area contributed by atoms with E-state index >= 15 is 0 Å². The van der Waals surface area contributed by atoms with Crippen molar-refractivity contribution in [3.8, 4) is 5.75 Å². The van der Waals surface area contributed by atoms with Gasteiger partial charge in [-0.2, -0.15) is 0 Å². The van der Waals surface area contributed by atoms with E-state index < -0.39 is 0 Å². The standard InChI is InChI=1S/C16H26N2O/c17-15-8-6-9-16(14-15)19-13-7-12-18-10-4-2-1-3-5-11-18/h6,8-9,14H,1-5,7,10-13,17H2. The molecule has 0 atom stereocenters. The van der Waals surface area contributed by atoms with Crippen LogP contribution in [0.1, 0.15) is 38.5 Å². The van der Waals surface area contributed by atoms with Gasteiger partial charge < -0.3 is 15.4 Å². The molecule has 0 amide bonds. The third kappa shape index (κ3) is 5.52. The highest BCUT2D eigenvalue weighted by Crippen LogP contribution is 2.15. The predicted molar refractivity (Wildman–Crippen MR) is 80.5 cm³/mol. The van der Waals surface area contributed by atoms with Gasteiger partial charge in [0.15, 0.2) is 0 Å². The van der Waals surface area contributed by atoms with Crippen LogP contribution in [-0.4, -0.2) is 31.1 Å². The summed E-state index contributed by atoms with van der Waals surface area (Å²) < 4.78 is 5.73. The Labute approximate surface area is 116 Å². The zero-order valence-corrected chi connectivity index (χ0v) is 11.8. The SMILES string of the molecule is Nc1cccc(OCCCN2CCCCCCC2)c1. The molecule has 1 aromatic rings. The van der Waals surface area contributed by atoms with Crippen LogP contribution in [0.15, 0.2) is 24.3 Å². The Morgan fingerprint density at radius 1 is 1.05 bits per heavy atom. The van der Waals surface area contributed by atoms with Crippen molar-refractivity contribution in [2.24, 2.45) is 0 Å². The first-order valence-electron chi connectivity index (χ1n) is 7.55. The minimum absolute atomic E-state index is 0.765. The number of ether oxygens (including phenoxy) is 1. The molecule has 2 N–H and O–H groups in total. The molecule has 0 bridgehead atoms. The molecule has 1 saturated heterocycles. The molecule has 0 radical (unpaired) electrons. The minimum atomic E-state index is 0.765. The zero-order chi connectivity index (χ0) is 13.3. The average molecular weight is 262 g/mol. The van der Waals surface area contributed by atoms with Crippen molar-refractivity contribution >= 4 is 5.69 Å². The number of nitrogens with two attached hydrogens (primary N) is 1. The Morgan fingerprint density at radius 2 is 1.79 bits per heavy atom. The molecule has 0 aromatic heterocycles. The highest BCUT2D eigenvalue weighted by Gasteiger charge is 2.07. The van der Waals surface area contributed by atoms with Crippen molar-refractivity contribution in [3.63, 3.8) is 0 Å². The Balaban J connectivity index is 1.62. The smallest absolute Gasteiger partial charge is 0.121 e. The van der Waals surface area contributed by atoms with Crippen LogP contribution < -0.4 is 10.5 Å². The summed E-state index contributed by atoms with van der Waals surface area (Å²) in [6.07, 6.45) is 8.03. The van der Waals surface area contributed by atoms with Gasteiger partial charge in [0.25, 0.3) is 0 Å². The van der Waals surface area contributed by atoms with Gasteiger partial charge in [-0.15, -0.1) is 0 Å². The Bertz CT molecular complexity index is 360. The monoisotopic (exact) mass is 262 g/mol. The van der Waals surface area contributed by atoms with E-state index in [-0.39, 0.29) is 0 Å². The maximum atomic E-state index is 5.73. The van der Waals surface area contributed by atoms with Crippen LogP contribution in [0.25, 0.3) is 0 Å². The molecule has 3 nitrogen and oxygen atoms in total. The topological polar surface area (TPSA) is 38.5 Å². The lowest BCUT2D eigenvalue weighted by atomic mass is 10.1. The second-order valence-corrected chi connectivity index (χ2v) is 5.38. The van der Waals surface area contributed by atoms with Gasteiger partial charge in [-0.3, -0.25) is 0 Å². The highest BCUT2D eigenvalue weighted by molar-refractivity contribution is 5.43. The summed E-state index contributed by atoms with van der Waals surface area (Å²) >= 11 is 0. The van der Waals surface area contributed by atoms with E-state index in [9.17, 15) is 0 Å². The van der Waals surface area contributed by atoms with E-state index in [2.05, 4.69) is 4.90 Å². The van der Waals surface area contributed by atoms with Crippen molar-refractivity contribution in [2.45, 2.75) is 38.5 Å². The van der Waals surface area contributed by atoms with Crippen LogP contribution in [0.3, 0.4) is 0 Å². The Kier molecular flexibility index (Phi) is 6.02. The largest absolute Gasteiger partial charge is 0.493 e. The molecule has 0 saturated carbocycles. The van der Waals surface area contributed by atoms with Crippen LogP contribution in [0.5, 0.6) is 5.75 Å². The number of hydrogen-bond acceptors (Lipinski definition) is 3. The fourth-order valence-electron chi connectivity index (χ4n) is 2.62. The number of likely N-dealkylation sites (tertiary alicyclic amines) is 1. The van der Waals surface area contributed by atoms with Crippen molar-refractivity contribution in [3.05, 3.63) is 24.3 Å². The summed E-state index contributed by atoms with van der Waals surface area (Å²) in [6.45, 7) is 4.46. The summed E-state index contributed by atoms with van der Waals surface area (Å²) in [5, 5.41) is 0. The summed E-state index contributed by atoms with van der Waals surface area (Å²) in [5.41, 5.74) is 6.49. The van der Waals surface area contributed by atoms with Crippen molar-refractivity contribution < 1.29 is 4.74 Å². The molecule has 2 rings (SSSR count). The van der Waals surface area contributed by atoms with Gasteiger partial charge in [0.2, 0.25) is 0 Å². The van der Waals surface area contributed by atoms with Crippen molar-refractivity contribution in [1.29, 1.82) is 0 Å². The van der Waals surface area contributed by atoms with Crippen LogP contribution in [0, 0.1) is 0 Å². The summed E-state index contributed by atoms with van der Waals surface area (Å²) in [4.78, 5) is 2.59. The van der Waals surface area contributed by atoms with Gasteiger partial charge in [-0.05, 0) is 44.5 Å². The Hall–Kier alpha value is -1.22. The van der Waals surface area contributed by atoms with Gasteiger partial charge >= 0.3 is 0 Å². The van der Waals surface area contributed by atoms with Gasteiger partial charge in [0.1, 0.15) is 5.75 Å². The lowest BCUT2D eigenvalue weighted by molar-refractivity contribution is 0.218. The van der Waals surface area contributed by atoms with Gasteiger partial charge in [-0.1, -0.05) is 25.3 Å². The number of nitrogens with zero attached hydrogens (tertiary/aromatic N) is 1. The number of nitrogen functional groups attached to an aromatic ring is 1. The summed E-state index contributed by atoms with van der Waals surface area (Å²) in [7, 11) is 0. The first-order chi connectivity index (χ1) is 9.34. The normalized spacial score (nSPS) is 17.7. The van der Waals surface area contributed by atoms with E-state index in [1.807, 2.05) is 24.3 Å².